The van der Waals surface area contributed by atoms with Crippen LogP contribution in [0.3, 0.4) is 0 Å². The summed E-state index contributed by atoms with van der Waals surface area (Å²) in [5.41, 5.74) is 5.70. The van der Waals surface area contributed by atoms with Gasteiger partial charge in [0.2, 0.25) is 5.91 Å². The molecule has 0 aliphatic heterocycles. The number of carbonyl (C=O) groups is 1. The molecule has 19 heavy (non-hydrogen) atoms. The van der Waals surface area contributed by atoms with Crippen molar-refractivity contribution in [1.29, 1.82) is 0 Å². The number of nitrogens with two attached hydrogens (primary N) is 1. The van der Waals surface area contributed by atoms with E-state index in [1.807, 2.05) is 0 Å². The molecule has 0 radical (unpaired) electrons. The predicted octanol–water partition coefficient (Wildman–Crippen LogP) is 2.43. The van der Waals surface area contributed by atoms with E-state index in [1.54, 1.807) is 12.1 Å². The van der Waals surface area contributed by atoms with Crippen molar-refractivity contribution in [2.45, 2.75) is 38.2 Å². The molecule has 1 aromatic carbocycles. The molecule has 0 aromatic heterocycles. The van der Waals surface area contributed by atoms with Gasteiger partial charge < -0.3 is 15.8 Å². The Balaban J connectivity index is 1.97. The molecule has 0 spiro atoms. The summed E-state index contributed by atoms with van der Waals surface area (Å²) in [5, 5.41) is 2.59. The Morgan fingerprint density at radius 3 is 2.79 bits per heavy atom. The summed E-state index contributed by atoms with van der Waals surface area (Å²) in [6.07, 6.45) is 4.58. The minimum absolute atomic E-state index is 0.118. The van der Waals surface area contributed by atoms with Crippen LogP contribution in [0.4, 0.5) is 10.1 Å². The SMILES string of the molecule is NCCC(=O)Nc1ccc(OC2CCCC2)c(F)c1. The normalized spacial score (nSPS) is 15.5. The highest BCUT2D eigenvalue weighted by molar-refractivity contribution is 5.90. The van der Waals surface area contributed by atoms with E-state index in [9.17, 15) is 9.18 Å². The molecule has 0 bridgehead atoms. The van der Waals surface area contributed by atoms with Crippen molar-refractivity contribution < 1.29 is 13.9 Å². The van der Waals surface area contributed by atoms with E-state index in [0.717, 1.165) is 25.7 Å². The zero-order chi connectivity index (χ0) is 13.7. The third-order valence-corrected chi connectivity index (χ3v) is 3.18. The molecule has 2 rings (SSSR count). The maximum absolute atomic E-state index is 13.8. The van der Waals surface area contributed by atoms with E-state index < -0.39 is 5.82 Å². The topological polar surface area (TPSA) is 64.4 Å². The van der Waals surface area contributed by atoms with Crippen LogP contribution in [0.5, 0.6) is 5.75 Å². The van der Waals surface area contributed by atoms with E-state index in [1.165, 1.54) is 6.07 Å². The van der Waals surface area contributed by atoms with Crippen molar-refractivity contribution in [3.05, 3.63) is 24.0 Å². The average molecular weight is 266 g/mol. The van der Waals surface area contributed by atoms with Gasteiger partial charge in [-0.05, 0) is 37.8 Å². The fraction of sp³-hybridized carbons (Fsp3) is 0.500. The highest BCUT2D eigenvalue weighted by Gasteiger charge is 2.18. The van der Waals surface area contributed by atoms with Crippen molar-refractivity contribution in [3.8, 4) is 5.75 Å². The lowest BCUT2D eigenvalue weighted by Gasteiger charge is -2.14. The van der Waals surface area contributed by atoms with E-state index >= 15 is 0 Å². The van der Waals surface area contributed by atoms with Crippen LogP contribution in [0, 0.1) is 5.82 Å². The van der Waals surface area contributed by atoms with Crippen molar-refractivity contribution in [2.24, 2.45) is 5.73 Å². The van der Waals surface area contributed by atoms with Gasteiger partial charge in [-0.15, -0.1) is 0 Å². The second kappa shape index (κ2) is 6.52. The van der Waals surface area contributed by atoms with Gasteiger partial charge in [0.25, 0.3) is 0 Å². The third kappa shape index (κ3) is 3.92. The molecule has 1 amide bonds. The molecule has 104 valence electrons. The molecule has 1 saturated carbocycles. The molecule has 3 N–H and O–H groups in total. The molecule has 5 heteroatoms. The van der Waals surface area contributed by atoms with Crippen LogP contribution in [0.1, 0.15) is 32.1 Å². The highest BCUT2D eigenvalue weighted by atomic mass is 19.1. The van der Waals surface area contributed by atoms with Gasteiger partial charge in [-0.25, -0.2) is 4.39 Å². The molecule has 0 saturated heterocycles. The number of hydrogen-bond donors (Lipinski definition) is 2. The number of benzene rings is 1. The molecule has 4 nitrogen and oxygen atoms in total. The van der Waals surface area contributed by atoms with E-state index in [2.05, 4.69) is 5.32 Å². The molecule has 1 aliphatic carbocycles. The molecule has 1 aromatic rings. The molecule has 0 heterocycles. The van der Waals surface area contributed by atoms with Crippen LogP contribution in [-0.4, -0.2) is 18.6 Å². The number of halogens is 1. The van der Waals surface area contributed by atoms with Crippen LogP contribution in [-0.2, 0) is 4.79 Å². The fourth-order valence-corrected chi connectivity index (χ4v) is 2.21. The first-order chi connectivity index (χ1) is 9.19. The molecule has 0 atom stereocenters. The van der Waals surface area contributed by atoms with Crippen molar-refractivity contribution in [1.82, 2.24) is 0 Å². The minimum Gasteiger partial charge on any atom is -0.487 e. The molecule has 1 aliphatic rings. The summed E-state index contributed by atoms with van der Waals surface area (Å²) in [4.78, 5) is 11.3. The maximum Gasteiger partial charge on any atom is 0.225 e. The Kier molecular flexibility index (Phi) is 4.74. The summed E-state index contributed by atoms with van der Waals surface area (Å²) < 4.78 is 19.4. The lowest BCUT2D eigenvalue weighted by atomic mass is 10.2. The van der Waals surface area contributed by atoms with Gasteiger partial charge in [-0.3, -0.25) is 4.79 Å². The zero-order valence-electron chi connectivity index (χ0n) is 10.8. The quantitative estimate of drug-likeness (QED) is 0.860. The van der Waals surface area contributed by atoms with E-state index in [0.29, 0.717) is 5.69 Å². The monoisotopic (exact) mass is 266 g/mol. The van der Waals surface area contributed by atoms with Gasteiger partial charge in [-0.2, -0.15) is 0 Å². The summed E-state index contributed by atoms with van der Waals surface area (Å²) in [7, 11) is 0. The summed E-state index contributed by atoms with van der Waals surface area (Å²) in [6.45, 7) is 0.275. The number of carbonyl (C=O) groups excluding carboxylic acids is 1. The van der Waals surface area contributed by atoms with Crippen LogP contribution in [0.15, 0.2) is 18.2 Å². The average Bonchev–Trinajstić information content (AvgIpc) is 2.86. The van der Waals surface area contributed by atoms with Crippen LogP contribution < -0.4 is 15.8 Å². The Bertz CT molecular complexity index is 445. The zero-order valence-corrected chi connectivity index (χ0v) is 10.8. The molecule has 0 unspecified atom stereocenters. The van der Waals surface area contributed by atoms with Crippen molar-refractivity contribution >= 4 is 11.6 Å². The number of amides is 1. The van der Waals surface area contributed by atoms with Crippen molar-refractivity contribution in [2.75, 3.05) is 11.9 Å². The van der Waals surface area contributed by atoms with Crippen LogP contribution >= 0.6 is 0 Å². The Hall–Kier alpha value is -1.62. The number of ether oxygens (including phenoxy) is 1. The standard InChI is InChI=1S/C14H19FN2O2/c15-12-9-10(17-14(18)7-8-16)5-6-13(12)19-11-3-1-2-4-11/h5-6,9,11H,1-4,7-8,16H2,(H,17,18). The Morgan fingerprint density at radius 1 is 1.42 bits per heavy atom. The summed E-state index contributed by atoms with van der Waals surface area (Å²) in [5.74, 6) is -0.410. The van der Waals surface area contributed by atoms with Gasteiger partial charge in [-0.1, -0.05) is 0 Å². The predicted molar refractivity (Wildman–Crippen MR) is 71.6 cm³/mol. The van der Waals surface area contributed by atoms with Crippen LogP contribution in [0.25, 0.3) is 0 Å². The lowest BCUT2D eigenvalue weighted by Crippen LogP contribution is -2.16. The van der Waals surface area contributed by atoms with Gasteiger partial charge in [0.05, 0.1) is 6.10 Å². The Morgan fingerprint density at radius 2 is 2.16 bits per heavy atom. The largest absolute Gasteiger partial charge is 0.487 e. The number of rotatable bonds is 5. The summed E-state index contributed by atoms with van der Waals surface area (Å²) in [6, 6.07) is 4.48. The maximum atomic E-state index is 13.8. The second-order valence-electron chi connectivity index (χ2n) is 4.76. The molecular weight excluding hydrogens is 247 g/mol. The first-order valence-electron chi connectivity index (χ1n) is 6.65. The van der Waals surface area contributed by atoms with Crippen molar-refractivity contribution in [3.63, 3.8) is 0 Å². The highest BCUT2D eigenvalue weighted by Crippen LogP contribution is 2.27. The first-order valence-corrected chi connectivity index (χ1v) is 6.65. The van der Waals surface area contributed by atoms with Gasteiger partial charge in [0.15, 0.2) is 11.6 Å². The fourth-order valence-electron chi connectivity index (χ4n) is 2.21. The van der Waals surface area contributed by atoms with Gasteiger partial charge >= 0.3 is 0 Å². The summed E-state index contributed by atoms with van der Waals surface area (Å²) >= 11 is 0. The Labute approximate surface area is 112 Å². The number of nitrogens with one attached hydrogen (secondary N) is 1. The van der Waals surface area contributed by atoms with Gasteiger partial charge in [0.1, 0.15) is 0 Å². The third-order valence-electron chi connectivity index (χ3n) is 3.18. The lowest BCUT2D eigenvalue weighted by molar-refractivity contribution is -0.116. The molecule has 1 fully saturated rings. The smallest absolute Gasteiger partial charge is 0.225 e. The number of anilines is 1. The van der Waals surface area contributed by atoms with E-state index in [-0.39, 0.29) is 30.7 Å². The van der Waals surface area contributed by atoms with Gasteiger partial charge in [0, 0.05) is 24.7 Å². The first kappa shape index (κ1) is 13.8. The van der Waals surface area contributed by atoms with Crippen LogP contribution in [0.2, 0.25) is 0 Å². The minimum atomic E-state index is -0.447. The second-order valence-corrected chi connectivity index (χ2v) is 4.76. The molecular formula is C14H19FN2O2. The van der Waals surface area contributed by atoms with E-state index in [4.69, 9.17) is 10.5 Å². The number of hydrogen-bond acceptors (Lipinski definition) is 3.